The Morgan fingerprint density at radius 2 is 1.68 bits per heavy atom. The maximum Gasteiger partial charge on any atom is 0.161 e. The van der Waals surface area contributed by atoms with Gasteiger partial charge in [-0.2, -0.15) is 0 Å². The highest BCUT2D eigenvalue weighted by Gasteiger charge is 2.72. The molecule has 0 radical (unpaired) electrons. The predicted octanol–water partition coefficient (Wildman–Crippen LogP) is 4.92. The van der Waals surface area contributed by atoms with Crippen LogP contribution in [-0.4, -0.2) is 39.9 Å². The van der Waals surface area contributed by atoms with E-state index in [9.17, 15) is 20.1 Å². The Morgan fingerprint density at radius 3 is 2.29 bits per heavy atom. The van der Waals surface area contributed by atoms with Crippen molar-refractivity contribution in [2.75, 3.05) is 6.61 Å². The summed E-state index contributed by atoms with van der Waals surface area (Å²) in [6.07, 6.45) is 9.44. The van der Waals surface area contributed by atoms with Crippen molar-refractivity contribution < 1.29 is 20.1 Å². The lowest BCUT2D eigenvalue weighted by molar-refractivity contribution is -0.203. The Balaban J connectivity index is 1.65. The van der Waals surface area contributed by atoms with Crippen LogP contribution >= 0.6 is 0 Å². The Hall–Kier alpha value is -0.970. The number of aliphatic hydroxyl groups excluding tert-OH is 3. The van der Waals surface area contributed by atoms with Gasteiger partial charge in [0.2, 0.25) is 0 Å². The molecule has 0 heterocycles. The zero-order chi connectivity index (χ0) is 25.1. The predicted molar refractivity (Wildman–Crippen MR) is 134 cm³/mol. The Morgan fingerprint density at radius 1 is 1.00 bits per heavy atom. The maximum atomic E-state index is 12.8. The summed E-state index contributed by atoms with van der Waals surface area (Å²) >= 11 is 0. The first-order valence-corrected chi connectivity index (χ1v) is 13.6. The number of fused-ring (bicyclic) bond motifs is 7. The molecule has 5 aliphatic carbocycles. The standard InChI is InChI=1S/C30H46O4/c1-17(2)19-14-21(33)25-29(7)11-8-18-24(28(29,6)12-13-30(19,25)16-31)20(32)15-22-26(3,4)23(34)9-10-27(18,22)5/h8-10,17,19-22,24-25,31-33H,11-16H2,1-7H3. The summed E-state index contributed by atoms with van der Waals surface area (Å²) < 4.78 is 0. The van der Waals surface area contributed by atoms with Gasteiger partial charge in [0, 0.05) is 28.8 Å². The maximum absolute atomic E-state index is 12.8. The van der Waals surface area contributed by atoms with E-state index >= 15 is 0 Å². The van der Waals surface area contributed by atoms with Crippen molar-refractivity contribution in [1.82, 2.24) is 0 Å². The Labute approximate surface area is 205 Å². The molecule has 0 aliphatic heterocycles. The van der Waals surface area contributed by atoms with E-state index < -0.39 is 17.6 Å². The number of ketones is 1. The van der Waals surface area contributed by atoms with Crippen LogP contribution in [0.15, 0.2) is 23.8 Å². The van der Waals surface area contributed by atoms with E-state index in [4.69, 9.17) is 0 Å². The molecule has 3 saturated carbocycles. The summed E-state index contributed by atoms with van der Waals surface area (Å²) in [7, 11) is 0. The van der Waals surface area contributed by atoms with Crippen molar-refractivity contribution in [3.8, 4) is 0 Å². The minimum atomic E-state index is -0.506. The van der Waals surface area contributed by atoms with E-state index in [1.165, 1.54) is 5.57 Å². The van der Waals surface area contributed by atoms with Gasteiger partial charge in [-0.25, -0.2) is 0 Å². The summed E-state index contributed by atoms with van der Waals surface area (Å²) in [5, 5.41) is 34.1. The number of hydrogen-bond donors (Lipinski definition) is 3. The van der Waals surface area contributed by atoms with E-state index in [0.29, 0.717) is 18.3 Å². The lowest BCUT2D eigenvalue weighted by Gasteiger charge is -2.69. The molecule has 34 heavy (non-hydrogen) atoms. The van der Waals surface area contributed by atoms with Crippen molar-refractivity contribution in [2.24, 2.45) is 56.7 Å². The van der Waals surface area contributed by atoms with E-state index in [0.717, 1.165) is 25.7 Å². The summed E-state index contributed by atoms with van der Waals surface area (Å²) in [5.74, 6) is 0.990. The van der Waals surface area contributed by atoms with Gasteiger partial charge < -0.3 is 15.3 Å². The SMILES string of the molecule is CC(C)C1CC(O)C2C1(CO)CCC1(C)C3C(=CCC21C)C1(C)C=CC(=O)C(C)(C)C1CC3O. The summed E-state index contributed by atoms with van der Waals surface area (Å²) in [5.41, 5.74) is -0.0795. The number of rotatable bonds is 2. The van der Waals surface area contributed by atoms with Crippen LogP contribution in [0.4, 0.5) is 0 Å². The molecule has 3 fully saturated rings. The number of hydrogen-bond acceptors (Lipinski definition) is 4. The summed E-state index contributed by atoms with van der Waals surface area (Å²) in [6, 6.07) is 0. The third-order valence-corrected chi connectivity index (χ3v) is 12.5. The van der Waals surface area contributed by atoms with Crippen LogP contribution in [-0.2, 0) is 4.79 Å². The summed E-state index contributed by atoms with van der Waals surface area (Å²) in [4.78, 5) is 12.8. The van der Waals surface area contributed by atoms with Crippen molar-refractivity contribution >= 4 is 5.78 Å². The number of carbonyl (C=O) groups excluding carboxylic acids is 1. The highest BCUT2D eigenvalue weighted by Crippen LogP contribution is 2.75. The van der Waals surface area contributed by atoms with Crippen LogP contribution in [0.5, 0.6) is 0 Å². The molecule has 190 valence electrons. The van der Waals surface area contributed by atoms with E-state index in [-0.39, 0.29) is 51.8 Å². The smallest absolute Gasteiger partial charge is 0.161 e. The van der Waals surface area contributed by atoms with Gasteiger partial charge in [-0.3, -0.25) is 4.79 Å². The molecule has 0 aromatic carbocycles. The first-order valence-electron chi connectivity index (χ1n) is 13.6. The van der Waals surface area contributed by atoms with Crippen molar-refractivity contribution in [3.63, 3.8) is 0 Å². The molecule has 0 spiro atoms. The summed E-state index contributed by atoms with van der Waals surface area (Å²) in [6.45, 7) is 15.7. The van der Waals surface area contributed by atoms with Crippen LogP contribution < -0.4 is 0 Å². The molecule has 10 unspecified atom stereocenters. The number of aliphatic hydroxyl groups is 3. The van der Waals surface area contributed by atoms with E-state index in [2.05, 4.69) is 46.8 Å². The lowest BCUT2D eigenvalue weighted by Crippen LogP contribution is -2.66. The zero-order valence-corrected chi connectivity index (χ0v) is 22.3. The Kier molecular flexibility index (Phi) is 5.30. The molecule has 3 N–H and O–H groups in total. The van der Waals surface area contributed by atoms with Crippen molar-refractivity contribution in [3.05, 3.63) is 23.8 Å². The van der Waals surface area contributed by atoms with Crippen molar-refractivity contribution in [1.29, 1.82) is 0 Å². The fourth-order valence-electron chi connectivity index (χ4n) is 10.6. The molecule has 0 saturated heterocycles. The molecule has 5 rings (SSSR count). The second-order valence-electron chi connectivity index (χ2n) is 14.3. The number of allylic oxidation sites excluding steroid dienone is 3. The zero-order valence-electron chi connectivity index (χ0n) is 22.3. The van der Waals surface area contributed by atoms with Crippen LogP contribution in [0.3, 0.4) is 0 Å². The molecule has 0 aromatic rings. The highest BCUT2D eigenvalue weighted by molar-refractivity contribution is 5.96. The van der Waals surface area contributed by atoms with Gasteiger partial charge in [-0.1, -0.05) is 66.2 Å². The molecule has 4 heteroatoms. The fourth-order valence-corrected chi connectivity index (χ4v) is 10.6. The van der Waals surface area contributed by atoms with Gasteiger partial charge in [-0.05, 0) is 72.7 Å². The highest BCUT2D eigenvalue weighted by atomic mass is 16.3. The average Bonchev–Trinajstić information content (AvgIpc) is 3.08. The van der Waals surface area contributed by atoms with Gasteiger partial charge in [0.05, 0.1) is 12.2 Å². The minimum Gasteiger partial charge on any atom is -0.396 e. The van der Waals surface area contributed by atoms with Crippen LogP contribution in [0, 0.1) is 56.7 Å². The quantitative estimate of drug-likeness (QED) is 0.501. The van der Waals surface area contributed by atoms with Gasteiger partial charge in [-0.15, -0.1) is 0 Å². The molecule has 0 bridgehead atoms. The second-order valence-corrected chi connectivity index (χ2v) is 14.3. The first kappa shape index (κ1) is 24.7. The fraction of sp³-hybridized carbons (Fsp3) is 0.833. The van der Waals surface area contributed by atoms with E-state index in [1.807, 2.05) is 13.8 Å². The van der Waals surface area contributed by atoms with E-state index in [1.54, 1.807) is 6.08 Å². The monoisotopic (exact) mass is 470 g/mol. The van der Waals surface area contributed by atoms with Crippen LogP contribution in [0.25, 0.3) is 0 Å². The van der Waals surface area contributed by atoms with Crippen LogP contribution in [0.2, 0.25) is 0 Å². The van der Waals surface area contributed by atoms with Gasteiger partial charge in [0.15, 0.2) is 5.78 Å². The average molecular weight is 471 g/mol. The molecule has 5 aliphatic rings. The van der Waals surface area contributed by atoms with Gasteiger partial charge >= 0.3 is 0 Å². The molecule has 0 amide bonds. The van der Waals surface area contributed by atoms with Crippen molar-refractivity contribution in [2.45, 2.75) is 92.8 Å². The molecular weight excluding hydrogens is 424 g/mol. The molecule has 10 atom stereocenters. The third-order valence-electron chi connectivity index (χ3n) is 12.5. The molecule has 0 aromatic heterocycles. The largest absolute Gasteiger partial charge is 0.396 e. The van der Waals surface area contributed by atoms with Gasteiger partial charge in [0.1, 0.15) is 0 Å². The lowest BCUT2D eigenvalue weighted by atomic mass is 9.35. The number of carbonyl (C=O) groups is 1. The molecular formula is C30H46O4. The first-order chi connectivity index (χ1) is 15.7. The Bertz CT molecular complexity index is 947. The molecule has 4 nitrogen and oxygen atoms in total. The third kappa shape index (κ3) is 2.69. The van der Waals surface area contributed by atoms with Crippen LogP contribution in [0.1, 0.15) is 80.6 Å². The second kappa shape index (κ2) is 7.29. The topological polar surface area (TPSA) is 77.8 Å². The normalized spacial score (nSPS) is 53.6. The minimum absolute atomic E-state index is 0.00291. The van der Waals surface area contributed by atoms with Gasteiger partial charge in [0.25, 0.3) is 0 Å².